The molecule has 0 amide bonds. The Labute approximate surface area is 98.4 Å². The van der Waals surface area contributed by atoms with E-state index < -0.39 is 0 Å². The molecule has 0 saturated carbocycles. The van der Waals surface area contributed by atoms with E-state index >= 15 is 0 Å². The van der Waals surface area contributed by atoms with Gasteiger partial charge in [0.05, 0.1) is 12.5 Å². The molecule has 2 heterocycles. The van der Waals surface area contributed by atoms with Crippen LogP contribution in [-0.4, -0.2) is 34.4 Å². The normalized spacial score (nSPS) is 19.9. The summed E-state index contributed by atoms with van der Waals surface area (Å²) >= 11 is 1.29. The van der Waals surface area contributed by atoms with E-state index in [1.54, 1.807) is 6.92 Å². The van der Waals surface area contributed by atoms with Crippen LogP contribution in [0.25, 0.3) is 0 Å². The van der Waals surface area contributed by atoms with Crippen molar-refractivity contribution in [2.45, 2.75) is 32.3 Å². The van der Waals surface area contributed by atoms with Gasteiger partial charge < -0.3 is 10.1 Å². The van der Waals surface area contributed by atoms with E-state index in [9.17, 15) is 4.79 Å². The highest BCUT2D eigenvalue weighted by Gasteiger charge is 2.15. The summed E-state index contributed by atoms with van der Waals surface area (Å²) in [6.45, 7) is 3.17. The van der Waals surface area contributed by atoms with Crippen molar-refractivity contribution in [2.75, 3.05) is 18.5 Å². The van der Waals surface area contributed by atoms with E-state index in [1.165, 1.54) is 11.5 Å². The minimum atomic E-state index is 0.0866. The van der Waals surface area contributed by atoms with Crippen LogP contribution in [0.2, 0.25) is 0 Å². The lowest BCUT2D eigenvalue weighted by atomic mass is 10.2. The molecule has 0 aromatic carbocycles. The maximum absolute atomic E-state index is 10.9. The number of aromatic nitrogens is 2. The molecular weight excluding hydrogens is 226 g/mol. The fourth-order valence-electron chi connectivity index (χ4n) is 1.63. The van der Waals surface area contributed by atoms with Crippen LogP contribution in [0.3, 0.4) is 0 Å². The van der Waals surface area contributed by atoms with Gasteiger partial charge >= 0.3 is 0 Å². The summed E-state index contributed by atoms with van der Waals surface area (Å²) in [6.07, 6.45) is 2.85. The van der Waals surface area contributed by atoms with E-state index in [4.69, 9.17) is 4.74 Å². The zero-order chi connectivity index (χ0) is 11.4. The third-order valence-electron chi connectivity index (χ3n) is 2.38. The number of hydrogen-bond acceptors (Lipinski definition) is 6. The van der Waals surface area contributed by atoms with Gasteiger partial charge in [-0.1, -0.05) is 0 Å². The summed E-state index contributed by atoms with van der Waals surface area (Å²) in [5, 5.41) is 3.96. The van der Waals surface area contributed by atoms with E-state index in [-0.39, 0.29) is 5.78 Å². The standard InChI is InChI=1S/C10H15N3O2S/c1-7(14)5-9-12-10(16-13-9)11-6-8-3-2-4-15-8/h8H,2-6H2,1H3,(H,11,12,13)/t8-/m1/s1. The molecular formula is C10H15N3O2S. The molecule has 1 aromatic heterocycles. The maximum atomic E-state index is 10.9. The molecule has 2 rings (SSSR count). The summed E-state index contributed by atoms with van der Waals surface area (Å²) in [4.78, 5) is 15.1. The molecule has 0 spiro atoms. The topological polar surface area (TPSA) is 64.1 Å². The van der Waals surface area contributed by atoms with E-state index in [2.05, 4.69) is 14.7 Å². The van der Waals surface area contributed by atoms with E-state index in [1.807, 2.05) is 0 Å². The number of anilines is 1. The highest BCUT2D eigenvalue weighted by molar-refractivity contribution is 7.09. The molecule has 1 N–H and O–H groups in total. The van der Waals surface area contributed by atoms with Crippen molar-refractivity contribution in [3.63, 3.8) is 0 Å². The average Bonchev–Trinajstić information content (AvgIpc) is 2.84. The highest BCUT2D eigenvalue weighted by Crippen LogP contribution is 2.15. The first-order valence-corrected chi connectivity index (χ1v) is 6.19. The van der Waals surface area contributed by atoms with Gasteiger partial charge in [-0.15, -0.1) is 0 Å². The molecule has 5 nitrogen and oxygen atoms in total. The van der Waals surface area contributed by atoms with Gasteiger partial charge in [-0.2, -0.15) is 4.37 Å². The molecule has 1 aliphatic rings. The quantitative estimate of drug-likeness (QED) is 0.840. The lowest BCUT2D eigenvalue weighted by molar-refractivity contribution is -0.116. The van der Waals surface area contributed by atoms with Crippen molar-refractivity contribution >= 4 is 22.4 Å². The fourth-order valence-corrected chi connectivity index (χ4v) is 2.22. The SMILES string of the molecule is CC(=O)Cc1nsc(NC[C@H]2CCCO2)n1. The van der Waals surface area contributed by atoms with Gasteiger partial charge in [0.2, 0.25) is 5.13 Å². The Morgan fingerprint density at radius 1 is 1.69 bits per heavy atom. The van der Waals surface area contributed by atoms with Crippen molar-refractivity contribution in [2.24, 2.45) is 0 Å². The third kappa shape index (κ3) is 3.24. The van der Waals surface area contributed by atoms with Crippen molar-refractivity contribution in [1.29, 1.82) is 0 Å². The summed E-state index contributed by atoms with van der Waals surface area (Å²) in [7, 11) is 0. The summed E-state index contributed by atoms with van der Waals surface area (Å²) in [5.74, 6) is 0.691. The van der Waals surface area contributed by atoms with E-state index in [0.717, 1.165) is 31.1 Å². The molecule has 6 heteroatoms. The molecule has 88 valence electrons. The molecule has 0 bridgehead atoms. The van der Waals surface area contributed by atoms with Crippen molar-refractivity contribution in [3.8, 4) is 0 Å². The zero-order valence-corrected chi connectivity index (χ0v) is 10.0. The van der Waals surface area contributed by atoms with Gasteiger partial charge in [-0.25, -0.2) is 4.98 Å². The van der Waals surface area contributed by atoms with Crippen LogP contribution in [0, 0.1) is 0 Å². The Kier molecular flexibility index (Phi) is 3.84. The first-order valence-electron chi connectivity index (χ1n) is 5.41. The number of ether oxygens (including phenoxy) is 1. The number of carbonyl (C=O) groups is 1. The van der Waals surface area contributed by atoms with Crippen molar-refractivity contribution in [3.05, 3.63) is 5.82 Å². The number of Topliss-reactive ketones (excluding diaryl/α,β-unsaturated/α-hetero) is 1. The minimum Gasteiger partial charge on any atom is -0.376 e. The second kappa shape index (κ2) is 5.36. The monoisotopic (exact) mass is 241 g/mol. The van der Waals surface area contributed by atoms with Crippen molar-refractivity contribution < 1.29 is 9.53 Å². The van der Waals surface area contributed by atoms with Gasteiger partial charge in [-0.05, 0) is 19.8 Å². The Balaban J connectivity index is 1.80. The van der Waals surface area contributed by atoms with Crippen LogP contribution in [0.5, 0.6) is 0 Å². The lowest BCUT2D eigenvalue weighted by Crippen LogP contribution is -2.18. The second-order valence-electron chi connectivity index (χ2n) is 3.91. The molecule has 1 atom stereocenters. The van der Waals surface area contributed by atoms with Gasteiger partial charge in [-0.3, -0.25) is 4.79 Å². The predicted octanol–water partition coefficient (Wildman–Crippen LogP) is 1.26. The first-order chi connectivity index (χ1) is 7.74. The fraction of sp³-hybridized carbons (Fsp3) is 0.700. The van der Waals surface area contributed by atoms with Crippen LogP contribution in [0.15, 0.2) is 0 Å². The van der Waals surface area contributed by atoms with Gasteiger partial charge in [0.25, 0.3) is 0 Å². The molecule has 16 heavy (non-hydrogen) atoms. The molecule has 1 fully saturated rings. The molecule has 0 radical (unpaired) electrons. The van der Waals surface area contributed by atoms with Gasteiger partial charge in [0.1, 0.15) is 5.78 Å². The summed E-state index contributed by atoms with van der Waals surface area (Å²) < 4.78 is 9.59. The van der Waals surface area contributed by atoms with E-state index in [0.29, 0.717) is 18.3 Å². The number of ketones is 1. The van der Waals surface area contributed by atoms with Crippen molar-refractivity contribution in [1.82, 2.24) is 9.36 Å². The van der Waals surface area contributed by atoms with Gasteiger partial charge in [0.15, 0.2) is 5.82 Å². The molecule has 1 saturated heterocycles. The lowest BCUT2D eigenvalue weighted by Gasteiger charge is -2.08. The Hall–Kier alpha value is -1.01. The highest BCUT2D eigenvalue weighted by atomic mass is 32.1. The van der Waals surface area contributed by atoms with Crippen LogP contribution in [0.4, 0.5) is 5.13 Å². The molecule has 0 unspecified atom stereocenters. The summed E-state index contributed by atoms with van der Waals surface area (Å²) in [6, 6.07) is 0. The molecule has 1 aromatic rings. The number of carbonyl (C=O) groups excluding carboxylic acids is 1. The number of rotatable bonds is 5. The Morgan fingerprint density at radius 2 is 2.56 bits per heavy atom. The smallest absolute Gasteiger partial charge is 0.202 e. The average molecular weight is 241 g/mol. The molecule has 0 aliphatic carbocycles. The Bertz CT molecular complexity index is 361. The minimum absolute atomic E-state index is 0.0866. The number of nitrogens with one attached hydrogen (secondary N) is 1. The largest absolute Gasteiger partial charge is 0.376 e. The van der Waals surface area contributed by atoms with Crippen LogP contribution in [-0.2, 0) is 16.0 Å². The first kappa shape index (κ1) is 11.5. The second-order valence-corrected chi connectivity index (χ2v) is 4.66. The third-order valence-corrected chi connectivity index (χ3v) is 3.09. The van der Waals surface area contributed by atoms with Crippen LogP contribution < -0.4 is 5.32 Å². The van der Waals surface area contributed by atoms with Gasteiger partial charge in [0, 0.05) is 24.7 Å². The van der Waals surface area contributed by atoms with Crippen LogP contribution in [0.1, 0.15) is 25.6 Å². The predicted molar refractivity (Wildman–Crippen MR) is 61.8 cm³/mol. The Morgan fingerprint density at radius 3 is 3.25 bits per heavy atom. The maximum Gasteiger partial charge on any atom is 0.202 e. The van der Waals surface area contributed by atoms with Crippen LogP contribution >= 0.6 is 11.5 Å². The number of hydrogen-bond donors (Lipinski definition) is 1. The zero-order valence-electron chi connectivity index (χ0n) is 9.23. The molecule has 1 aliphatic heterocycles. The number of nitrogens with zero attached hydrogens (tertiary/aromatic N) is 2. The summed E-state index contributed by atoms with van der Waals surface area (Å²) in [5.41, 5.74) is 0.